The number of alkyl carbamates (subject to hydrolysis) is 1. The summed E-state index contributed by atoms with van der Waals surface area (Å²) >= 11 is 0. The molecule has 1 heterocycles. The maximum Gasteiger partial charge on any atom is 0.407 e. The summed E-state index contributed by atoms with van der Waals surface area (Å²) in [4.78, 5) is 35.1. The Hall–Kier alpha value is -1.79. The first kappa shape index (κ1) is 15.3. The van der Waals surface area contributed by atoms with Gasteiger partial charge >= 0.3 is 12.1 Å². The molecule has 0 saturated carbocycles. The summed E-state index contributed by atoms with van der Waals surface area (Å²) in [7, 11) is 0. The summed E-state index contributed by atoms with van der Waals surface area (Å²) < 4.78 is 4.79. The van der Waals surface area contributed by atoms with E-state index >= 15 is 0 Å². The van der Waals surface area contributed by atoms with Crippen LogP contribution >= 0.6 is 0 Å². The van der Waals surface area contributed by atoms with Gasteiger partial charge < -0.3 is 20.1 Å². The molecule has 1 aliphatic heterocycles. The van der Waals surface area contributed by atoms with Crippen LogP contribution < -0.4 is 5.32 Å². The van der Waals surface area contributed by atoms with E-state index in [1.165, 1.54) is 0 Å². The number of piperidine rings is 1. The van der Waals surface area contributed by atoms with E-state index in [2.05, 4.69) is 5.32 Å². The van der Waals surface area contributed by atoms with Gasteiger partial charge in [0.2, 0.25) is 5.91 Å². The number of amides is 2. The number of nitrogens with zero attached hydrogens (tertiary/aromatic N) is 1. The van der Waals surface area contributed by atoms with E-state index in [0.29, 0.717) is 19.7 Å². The van der Waals surface area contributed by atoms with Crippen LogP contribution in [0.4, 0.5) is 4.79 Å². The summed E-state index contributed by atoms with van der Waals surface area (Å²) in [6, 6.07) is -0.124. The van der Waals surface area contributed by atoms with Crippen molar-refractivity contribution in [2.24, 2.45) is 0 Å². The third-order valence-electron chi connectivity index (χ3n) is 2.92. The molecule has 2 amide bonds. The molecule has 1 rings (SSSR count). The van der Waals surface area contributed by atoms with Crippen molar-refractivity contribution in [3.63, 3.8) is 0 Å². The fourth-order valence-electron chi connectivity index (χ4n) is 2.03. The van der Waals surface area contributed by atoms with E-state index in [-0.39, 0.29) is 24.8 Å². The van der Waals surface area contributed by atoms with Gasteiger partial charge in [-0.2, -0.15) is 0 Å². The smallest absolute Gasteiger partial charge is 0.407 e. The average Bonchev–Trinajstić information content (AvgIpc) is 2.36. The van der Waals surface area contributed by atoms with Crippen molar-refractivity contribution in [1.29, 1.82) is 0 Å². The normalized spacial score (nSPS) is 18.8. The summed E-state index contributed by atoms with van der Waals surface area (Å²) in [5.41, 5.74) is 0. The first-order valence-corrected chi connectivity index (χ1v) is 6.45. The molecule has 7 nitrogen and oxygen atoms in total. The van der Waals surface area contributed by atoms with Gasteiger partial charge in [-0.05, 0) is 19.8 Å². The van der Waals surface area contributed by atoms with Crippen molar-refractivity contribution < 1.29 is 24.2 Å². The topological polar surface area (TPSA) is 95.9 Å². The lowest BCUT2D eigenvalue weighted by molar-refractivity contribution is -0.141. The highest BCUT2D eigenvalue weighted by Crippen LogP contribution is 2.12. The number of aliphatic carboxylic acids is 1. The number of rotatable bonds is 5. The van der Waals surface area contributed by atoms with Crippen LogP contribution in [0.15, 0.2) is 0 Å². The highest BCUT2D eigenvalue weighted by molar-refractivity contribution is 5.80. The van der Waals surface area contributed by atoms with Crippen LogP contribution in [-0.4, -0.2) is 53.7 Å². The van der Waals surface area contributed by atoms with Gasteiger partial charge in [-0.1, -0.05) is 0 Å². The van der Waals surface area contributed by atoms with Crippen LogP contribution in [0.1, 0.15) is 32.6 Å². The van der Waals surface area contributed by atoms with Crippen LogP contribution in [-0.2, 0) is 14.3 Å². The monoisotopic (exact) mass is 272 g/mol. The first-order chi connectivity index (χ1) is 9.02. The maximum atomic E-state index is 11.8. The number of nitrogens with one attached hydrogen (secondary N) is 1. The Morgan fingerprint density at radius 2 is 2.11 bits per heavy atom. The van der Waals surface area contributed by atoms with Crippen molar-refractivity contribution in [2.45, 2.75) is 38.6 Å². The number of carbonyl (C=O) groups excluding carboxylic acids is 2. The Morgan fingerprint density at radius 1 is 1.37 bits per heavy atom. The second kappa shape index (κ2) is 7.60. The molecule has 0 aliphatic carbocycles. The molecule has 1 saturated heterocycles. The fourth-order valence-corrected chi connectivity index (χ4v) is 2.03. The average molecular weight is 272 g/mol. The molecule has 0 radical (unpaired) electrons. The second-order valence-corrected chi connectivity index (χ2v) is 4.44. The lowest BCUT2D eigenvalue weighted by atomic mass is 10.1. The SMILES string of the molecule is CCOC(=O)NC1CCCN(C(=O)CCC(=O)O)C1. The van der Waals surface area contributed by atoms with Crippen molar-refractivity contribution in [1.82, 2.24) is 10.2 Å². The number of carboxylic acids is 1. The molecule has 19 heavy (non-hydrogen) atoms. The summed E-state index contributed by atoms with van der Waals surface area (Å²) in [5.74, 6) is -1.16. The van der Waals surface area contributed by atoms with Gasteiger partial charge in [-0.15, -0.1) is 0 Å². The van der Waals surface area contributed by atoms with Gasteiger partial charge in [-0.3, -0.25) is 9.59 Å². The largest absolute Gasteiger partial charge is 0.481 e. The Bertz CT molecular complexity index is 345. The highest BCUT2D eigenvalue weighted by atomic mass is 16.5. The highest BCUT2D eigenvalue weighted by Gasteiger charge is 2.25. The minimum Gasteiger partial charge on any atom is -0.481 e. The Kier molecular flexibility index (Phi) is 6.11. The zero-order valence-electron chi connectivity index (χ0n) is 11.1. The van der Waals surface area contributed by atoms with E-state index < -0.39 is 12.1 Å². The van der Waals surface area contributed by atoms with Gasteiger partial charge in [0.05, 0.1) is 13.0 Å². The van der Waals surface area contributed by atoms with E-state index in [1.807, 2.05) is 0 Å². The Labute approximate surface area is 111 Å². The first-order valence-electron chi connectivity index (χ1n) is 6.45. The number of hydrogen-bond acceptors (Lipinski definition) is 4. The van der Waals surface area contributed by atoms with Crippen LogP contribution in [0.2, 0.25) is 0 Å². The maximum absolute atomic E-state index is 11.8. The molecule has 7 heteroatoms. The van der Waals surface area contributed by atoms with Crippen LogP contribution in [0.25, 0.3) is 0 Å². The number of likely N-dealkylation sites (tertiary alicyclic amines) is 1. The molecule has 1 unspecified atom stereocenters. The van der Waals surface area contributed by atoms with E-state index in [0.717, 1.165) is 12.8 Å². The molecule has 1 atom stereocenters. The number of hydrogen-bond donors (Lipinski definition) is 2. The second-order valence-electron chi connectivity index (χ2n) is 4.44. The molecule has 0 aromatic rings. The van der Waals surface area contributed by atoms with Gasteiger partial charge in [0.25, 0.3) is 0 Å². The number of ether oxygens (including phenoxy) is 1. The molecular formula is C12H20N2O5. The fraction of sp³-hybridized carbons (Fsp3) is 0.750. The van der Waals surface area contributed by atoms with Gasteiger partial charge in [-0.25, -0.2) is 4.79 Å². The third-order valence-corrected chi connectivity index (χ3v) is 2.92. The number of carboxylic acid groups (broad SMARTS) is 1. The molecule has 0 aromatic heterocycles. The molecule has 1 aliphatic rings. The quantitative estimate of drug-likeness (QED) is 0.763. The molecule has 0 bridgehead atoms. The van der Waals surface area contributed by atoms with Crippen molar-refractivity contribution in [3.8, 4) is 0 Å². The Morgan fingerprint density at radius 3 is 2.74 bits per heavy atom. The van der Waals surface area contributed by atoms with E-state index in [1.54, 1.807) is 11.8 Å². The Balaban J connectivity index is 2.38. The lowest BCUT2D eigenvalue weighted by Crippen LogP contribution is -2.49. The predicted octanol–water partition coefficient (Wildman–Crippen LogP) is 0.588. The summed E-state index contributed by atoms with van der Waals surface area (Å²) in [6.07, 6.45) is 0.941. The van der Waals surface area contributed by atoms with Gasteiger partial charge in [0.15, 0.2) is 0 Å². The molecular weight excluding hydrogens is 252 g/mol. The standard InChI is InChI=1S/C12H20N2O5/c1-2-19-12(18)13-9-4-3-7-14(8-9)10(15)5-6-11(16)17/h9H,2-8H2,1H3,(H,13,18)(H,16,17). The predicted molar refractivity (Wildman–Crippen MR) is 66.6 cm³/mol. The lowest BCUT2D eigenvalue weighted by Gasteiger charge is -2.32. The molecule has 1 fully saturated rings. The van der Waals surface area contributed by atoms with Gasteiger partial charge in [0, 0.05) is 25.6 Å². The van der Waals surface area contributed by atoms with Crippen LogP contribution in [0.3, 0.4) is 0 Å². The van der Waals surface area contributed by atoms with Crippen LogP contribution in [0.5, 0.6) is 0 Å². The zero-order valence-corrected chi connectivity index (χ0v) is 11.1. The summed E-state index contributed by atoms with van der Waals surface area (Å²) in [5, 5.41) is 11.2. The summed E-state index contributed by atoms with van der Waals surface area (Å²) in [6.45, 7) is 3.05. The molecule has 0 aromatic carbocycles. The van der Waals surface area contributed by atoms with Gasteiger partial charge in [0.1, 0.15) is 0 Å². The third kappa shape index (κ3) is 5.58. The van der Waals surface area contributed by atoms with Crippen molar-refractivity contribution in [3.05, 3.63) is 0 Å². The molecule has 0 spiro atoms. The van der Waals surface area contributed by atoms with E-state index in [4.69, 9.17) is 9.84 Å². The minimum absolute atomic E-state index is 0.00145. The minimum atomic E-state index is -0.980. The number of carbonyl (C=O) groups is 3. The van der Waals surface area contributed by atoms with Crippen molar-refractivity contribution in [2.75, 3.05) is 19.7 Å². The van der Waals surface area contributed by atoms with E-state index in [9.17, 15) is 14.4 Å². The zero-order chi connectivity index (χ0) is 14.3. The molecule has 108 valence electrons. The van der Waals surface area contributed by atoms with Crippen molar-refractivity contribution >= 4 is 18.0 Å². The molecule has 2 N–H and O–H groups in total. The van der Waals surface area contributed by atoms with Crippen LogP contribution in [0, 0.1) is 0 Å².